The van der Waals surface area contributed by atoms with Crippen LogP contribution in [0, 0.1) is 11.3 Å². The summed E-state index contributed by atoms with van der Waals surface area (Å²) in [6, 6.07) is 1.42. The molecule has 0 fully saturated rings. The minimum atomic E-state index is -0.539. The molecule has 1 rings (SSSR count). The average Bonchev–Trinajstić information content (AvgIpc) is 2.56. The third-order valence-electron chi connectivity index (χ3n) is 1.75. The number of nitrogens with one attached hydrogen (secondary N) is 1. The number of hydrogen-bond donors (Lipinski definition) is 2. The number of hydrogen-bond acceptors (Lipinski definition) is 5. The van der Waals surface area contributed by atoms with Crippen LogP contribution >= 0.6 is 11.8 Å². The van der Waals surface area contributed by atoms with Crippen molar-refractivity contribution in [2.45, 2.75) is 31.1 Å². The molecular weight excluding hydrogens is 214 g/mol. The van der Waals surface area contributed by atoms with Crippen molar-refractivity contribution < 1.29 is 0 Å². The Labute approximate surface area is 91.5 Å². The summed E-state index contributed by atoms with van der Waals surface area (Å²) >= 11 is 1.30. The maximum Gasteiger partial charge on any atom is 0.344 e. The van der Waals surface area contributed by atoms with E-state index in [0.717, 1.165) is 0 Å². The van der Waals surface area contributed by atoms with Gasteiger partial charge < -0.3 is 5.73 Å². The van der Waals surface area contributed by atoms with Crippen LogP contribution in [-0.2, 0) is 0 Å². The van der Waals surface area contributed by atoms with Gasteiger partial charge in [-0.3, -0.25) is 4.57 Å². The molecule has 0 saturated carbocycles. The van der Waals surface area contributed by atoms with Gasteiger partial charge in [-0.2, -0.15) is 5.26 Å². The highest BCUT2D eigenvalue weighted by Gasteiger charge is 2.12. The molecule has 0 saturated heterocycles. The average molecular weight is 227 g/mol. The van der Waals surface area contributed by atoms with Crippen LogP contribution < -0.4 is 11.4 Å². The van der Waals surface area contributed by atoms with Crippen molar-refractivity contribution in [2.75, 3.05) is 5.75 Å². The first-order valence-corrected chi connectivity index (χ1v) is 5.49. The summed E-state index contributed by atoms with van der Waals surface area (Å²) in [5.41, 5.74) is 5.21. The lowest BCUT2D eigenvalue weighted by atomic mass is 10.4. The molecule has 1 aromatic rings. The second-order valence-corrected chi connectivity index (χ2v) is 4.31. The SMILES string of the molecule is CC(C)n1c(SCC(N)C#N)n[nH]c1=O. The summed E-state index contributed by atoms with van der Waals surface area (Å²) in [5.74, 6) is 0.424. The van der Waals surface area contributed by atoms with E-state index in [4.69, 9.17) is 11.0 Å². The minimum absolute atomic E-state index is 0.0389. The van der Waals surface area contributed by atoms with Crippen LogP contribution in [-0.4, -0.2) is 26.6 Å². The largest absolute Gasteiger partial charge is 0.344 e. The van der Waals surface area contributed by atoms with Crippen LogP contribution in [0.1, 0.15) is 19.9 Å². The first kappa shape index (κ1) is 11.8. The van der Waals surface area contributed by atoms with Gasteiger partial charge >= 0.3 is 5.69 Å². The van der Waals surface area contributed by atoms with Crippen molar-refractivity contribution >= 4 is 11.8 Å². The first-order chi connectivity index (χ1) is 7.06. The van der Waals surface area contributed by atoms with E-state index in [2.05, 4.69) is 10.2 Å². The summed E-state index contributed by atoms with van der Waals surface area (Å²) in [7, 11) is 0. The van der Waals surface area contributed by atoms with E-state index in [1.807, 2.05) is 19.9 Å². The molecule has 7 heteroatoms. The van der Waals surface area contributed by atoms with Crippen LogP contribution in [0.25, 0.3) is 0 Å². The molecule has 1 unspecified atom stereocenters. The normalized spacial score (nSPS) is 12.7. The number of aromatic amines is 1. The van der Waals surface area contributed by atoms with Crippen LogP contribution in [0.5, 0.6) is 0 Å². The fourth-order valence-corrected chi connectivity index (χ4v) is 2.00. The number of aromatic nitrogens is 3. The standard InChI is InChI=1S/C8H13N5OS/c1-5(2)13-7(14)11-12-8(13)15-4-6(10)3-9/h5-6H,4,10H2,1-2H3,(H,11,14). The molecule has 6 nitrogen and oxygen atoms in total. The third-order valence-corrected chi connectivity index (χ3v) is 2.82. The van der Waals surface area contributed by atoms with Crippen molar-refractivity contribution in [3.8, 4) is 6.07 Å². The highest BCUT2D eigenvalue weighted by Crippen LogP contribution is 2.16. The summed E-state index contributed by atoms with van der Waals surface area (Å²) in [4.78, 5) is 11.3. The Kier molecular flexibility index (Phi) is 3.94. The van der Waals surface area contributed by atoms with E-state index in [1.54, 1.807) is 0 Å². The number of nitrogens with two attached hydrogens (primary N) is 1. The van der Waals surface area contributed by atoms with Gasteiger partial charge in [0.25, 0.3) is 0 Å². The number of thioether (sulfide) groups is 1. The van der Waals surface area contributed by atoms with Gasteiger partial charge in [0.1, 0.15) is 6.04 Å². The fraction of sp³-hybridized carbons (Fsp3) is 0.625. The summed E-state index contributed by atoms with van der Waals surface area (Å²) < 4.78 is 1.54. The Morgan fingerprint density at radius 1 is 1.73 bits per heavy atom. The zero-order valence-electron chi connectivity index (χ0n) is 8.60. The zero-order chi connectivity index (χ0) is 11.4. The molecule has 1 aromatic heterocycles. The lowest BCUT2D eigenvalue weighted by Crippen LogP contribution is -2.22. The molecular formula is C8H13N5OS. The Bertz CT molecular complexity index is 415. The van der Waals surface area contributed by atoms with Crippen LogP contribution in [0.15, 0.2) is 9.95 Å². The van der Waals surface area contributed by atoms with Crippen molar-refractivity contribution in [2.24, 2.45) is 5.73 Å². The number of nitrogens with zero attached hydrogens (tertiary/aromatic N) is 3. The maximum absolute atomic E-state index is 11.3. The van der Waals surface area contributed by atoms with Crippen molar-refractivity contribution in [1.29, 1.82) is 5.26 Å². The molecule has 0 aromatic carbocycles. The molecule has 0 aliphatic carbocycles. The predicted octanol–water partition coefficient (Wildman–Crippen LogP) is 0.0953. The van der Waals surface area contributed by atoms with E-state index in [9.17, 15) is 4.79 Å². The summed E-state index contributed by atoms with van der Waals surface area (Å²) in [6.07, 6.45) is 0. The monoisotopic (exact) mass is 227 g/mol. The number of rotatable bonds is 4. The Morgan fingerprint density at radius 3 is 2.93 bits per heavy atom. The fourth-order valence-electron chi connectivity index (χ4n) is 1.05. The molecule has 82 valence electrons. The lowest BCUT2D eigenvalue weighted by molar-refractivity contribution is 0.534. The Morgan fingerprint density at radius 2 is 2.40 bits per heavy atom. The quantitative estimate of drug-likeness (QED) is 0.710. The zero-order valence-corrected chi connectivity index (χ0v) is 9.41. The molecule has 0 amide bonds. The number of H-pyrrole nitrogens is 1. The summed E-state index contributed by atoms with van der Waals surface area (Å²) in [6.45, 7) is 3.79. The molecule has 3 N–H and O–H groups in total. The number of nitriles is 1. The molecule has 1 atom stereocenters. The van der Waals surface area contributed by atoms with Gasteiger partial charge in [0.05, 0.1) is 6.07 Å². The van der Waals surface area contributed by atoms with Crippen LogP contribution in [0.4, 0.5) is 0 Å². The van der Waals surface area contributed by atoms with Gasteiger partial charge in [-0.05, 0) is 13.8 Å². The van der Waals surface area contributed by atoms with E-state index in [1.165, 1.54) is 16.3 Å². The van der Waals surface area contributed by atoms with E-state index < -0.39 is 6.04 Å². The predicted molar refractivity (Wildman–Crippen MR) is 57.5 cm³/mol. The molecule has 0 radical (unpaired) electrons. The van der Waals surface area contributed by atoms with Gasteiger partial charge in [-0.1, -0.05) is 11.8 Å². The van der Waals surface area contributed by atoms with Crippen molar-refractivity contribution in [1.82, 2.24) is 14.8 Å². The minimum Gasteiger partial charge on any atom is -0.315 e. The van der Waals surface area contributed by atoms with Crippen LogP contribution in [0.2, 0.25) is 0 Å². The summed E-state index contributed by atoms with van der Waals surface area (Å²) in [5, 5.41) is 15.3. The maximum atomic E-state index is 11.3. The molecule has 0 spiro atoms. The third kappa shape index (κ3) is 2.84. The highest BCUT2D eigenvalue weighted by molar-refractivity contribution is 7.99. The van der Waals surface area contributed by atoms with Gasteiger partial charge in [-0.15, -0.1) is 5.10 Å². The first-order valence-electron chi connectivity index (χ1n) is 4.51. The van der Waals surface area contributed by atoms with Gasteiger partial charge in [0.15, 0.2) is 5.16 Å². The van der Waals surface area contributed by atoms with Gasteiger partial charge in [0, 0.05) is 11.8 Å². The molecule has 0 bridgehead atoms. The van der Waals surface area contributed by atoms with Gasteiger partial charge in [0.2, 0.25) is 0 Å². The van der Waals surface area contributed by atoms with E-state index in [0.29, 0.717) is 10.9 Å². The van der Waals surface area contributed by atoms with Crippen LogP contribution in [0.3, 0.4) is 0 Å². The topological polar surface area (TPSA) is 100 Å². The lowest BCUT2D eigenvalue weighted by Gasteiger charge is -2.08. The molecule has 15 heavy (non-hydrogen) atoms. The molecule has 0 aliphatic rings. The second kappa shape index (κ2) is 5.00. The van der Waals surface area contributed by atoms with Crippen molar-refractivity contribution in [3.63, 3.8) is 0 Å². The second-order valence-electron chi connectivity index (χ2n) is 3.32. The van der Waals surface area contributed by atoms with E-state index in [-0.39, 0.29) is 11.7 Å². The van der Waals surface area contributed by atoms with Crippen molar-refractivity contribution in [3.05, 3.63) is 10.5 Å². The molecule has 0 aliphatic heterocycles. The van der Waals surface area contributed by atoms with Gasteiger partial charge in [-0.25, -0.2) is 9.89 Å². The highest BCUT2D eigenvalue weighted by atomic mass is 32.2. The Balaban J connectivity index is 2.78. The molecule has 1 heterocycles. The Hall–Kier alpha value is -1.26. The smallest absolute Gasteiger partial charge is 0.315 e. The van der Waals surface area contributed by atoms with E-state index >= 15 is 0 Å².